The standard InChI is InChI=1S/C25H20N2O3/c1-16-25(17(2)28)20-14-19(12-13-22(20)27(16)18-8-4-3-5-9-18)29-15-24-26-21-10-6-7-11-23(21)30-24/h3-14H,15H2,1-2H3. The molecule has 5 nitrogen and oxygen atoms in total. The number of rotatable bonds is 5. The van der Waals surface area contributed by atoms with Crippen molar-refractivity contribution in [1.82, 2.24) is 9.55 Å². The third kappa shape index (κ3) is 3.05. The second-order valence-corrected chi connectivity index (χ2v) is 7.23. The van der Waals surface area contributed by atoms with Gasteiger partial charge in [-0.1, -0.05) is 30.3 Å². The minimum absolute atomic E-state index is 0.0308. The van der Waals surface area contributed by atoms with Gasteiger partial charge in [-0.25, -0.2) is 4.98 Å². The lowest BCUT2D eigenvalue weighted by molar-refractivity contribution is 0.101. The number of hydrogen-bond donors (Lipinski definition) is 0. The van der Waals surface area contributed by atoms with Crippen LogP contribution in [0.25, 0.3) is 27.7 Å². The highest BCUT2D eigenvalue weighted by Gasteiger charge is 2.19. The molecule has 0 aliphatic rings. The van der Waals surface area contributed by atoms with Gasteiger partial charge in [0.1, 0.15) is 11.3 Å². The summed E-state index contributed by atoms with van der Waals surface area (Å²) >= 11 is 0. The molecule has 3 aromatic carbocycles. The van der Waals surface area contributed by atoms with Crippen molar-refractivity contribution in [3.63, 3.8) is 0 Å². The van der Waals surface area contributed by atoms with Crippen LogP contribution < -0.4 is 4.74 Å². The highest BCUT2D eigenvalue weighted by molar-refractivity contribution is 6.09. The molecule has 0 amide bonds. The number of ether oxygens (including phenoxy) is 1. The van der Waals surface area contributed by atoms with E-state index in [0.29, 0.717) is 17.2 Å². The molecule has 5 rings (SSSR count). The molecule has 5 heteroatoms. The Morgan fingerprint density at radius 3 is 2.57 bits per heavy atom. The number of para-hydroxylation sites is 3. The first-order chi connectivity index (χ1) is 14.6. The van der Waals surface area contributed by atoms with Gasteiger partial charge >= 0.3 is 0 Å². The van der Waals surface area contributed by atoms with E-state index in [0.717, 1.165) is 33.4 Å². The van der Waals surface area contributed by atoms with Crippen molar-refractivity contribution in [2.24, 2.45) is 0 Å². The van der Waals surface area contributed by atoms with E-state index >= 15 is 0 Å². The second kappa shape index (κ2) is 7.19. The molecule has 5 aromatic rings. The molecule has 0 aliphatic carbocycles. The molecule has 0 atom stereocenters. The summed E-state index contributed by atoms with van der Waals surface area (Å²) in [6, 6.07) is 23.5. The number of carbonyl (C=O) groups excluding carboxylic acids is 1. The second-order valence-electron chi connectivity index (χ2n) is 7.23. The largest absolute Gasteiger partial charge is 0.484 e. The van der Waals surface area contributed by atoms with Gasteiger partial charge in [0.15, 0.2) is 18.0 Å². The van der Waals surface area contributed by atoms with E-state index in [1.54, 1.807) is 6.92 Å². The average Bonchev–Trinajstić information content (AvgIpc) is 3.30. The molecule has 0 bridgehead atoms. The molecular weight excluding hydrogens is 376 g/mol. The first-order valence-corrected chi connectivity index (χ1v) is 9.80. The number of Topliss-reactive ketones (excluding diaryl/α,β-unsaturated/α-hetero) is 1. The van der Waals surface area contributed by atoms with E-state index in [9.17, 15) is 4.79 Å². The van der Waals surface area contributed by atoms with E-state index in [-0.39, 0.29) is 12.4 Å². The van der Waals surface area contributed by atoms with Gasteiger partial charge in [0.05, 0.1) is 5.52 Å². The lowest BCUT2D eigenvalue weighted by atomic mass is 10.1. The lowest BCUT2D eigenvalue weighted by Crippen LogP contribution is -1.99. The Kier molecular flexibility index (Phi) is 4.36. The van der Waals surface area contributed by atoms with Crippen LogP contribution in [-0.2, 0) is 6.61 Å². The Labute approximate surface area is 173 Å². The fourth-order valence-electron chi connectivity index (χ4n) is 3.97. The summed E-state index contributed by atoms with van der Waals surface area (Å²) in [7, 11) is 0. The van der Waals surface area contributed by atoms with Gasteiger partial charge in [0.2, 0.25) is 5.89 Å². The number of fused-ring (bicyclic) bond motifs is 2. The molecule has 0 saturated carbocycles. The number of ketones is 1. The fourth-order valence-corrected chi connectivity index (χ4v) is 3.97. The van der Waals surface area contributed by atoms with Crippen LogP contribution in [0.1, 0.15) is 28.9 Å². The van der Waals surface area contributed by atoms with Gasteiger partial charge in [-0.2, -0.15) is 0 Å². The maximum Gasteiger partial charge on any atom is 0.233 e. The quantitative estimate of drug-likeness (QED) is 0.349. The van der Waals surface area contributed by atoms with Gasteiger partial charge in [-0.05, 0) is 56.3 Å². The van der Waals surface area contributed by atoms with E-state index in [1.165, 1.54) is 0 Å². The predicted molar refractivity (Wildman–Crippen MR) is 116 cm³/mol. The Morgan fingerprint density at radius 2 is 1.80 bits per heavy atom. The SMILES string of the molecule is CC(=O)c1c(C)n(-c2ccccc2)c2ccc(OCc3nc4ccccc4o3)cc12. The van der Waals surface area contributed by atoms with Gasteiger partial charge in [-0.15, -0.1) is 0 Å². The molecule has 0 unspecified atom stereocenters. The van der Waals surface area contributed by atoms with Crippen molar-refractivity contribution < 1.29 is 13.9 Å². The highest BCUT2D eigenvalue weighted by Crippen LogP contribution is 2.32. The summed E-state index contributed by atoms with van der Waals surface area (Å²) in [5.74, 6) is 1.21. The predicted octanol–water partition coefficient (Wildman–Crippen LogP) is 5.86. The molecule has 0 saturated heterocycles. The van der Waals surface area contributed by atoms with Crippen molar-refractivity contribution in [2.75, 3.05) is 0 Å². The Balaban J connectivity index is 1.53. The summed E-state index contributed by atoms with van der Waals surface area (Å²) < 4.78 is 13.8. The fraction of sp³-hybridized carbons (Fsp3) is 0.120. The van der Waals surface area contributed by atoms with Crippen LogP contribution in [0.15, 0.2) is 77.2 Å². The van der Waals surface area contributed by atoms with Crippen molar-refractivity contribution in [2.45, 2.75) is 20.5 Å². The molecule has 2 aromatic heterocycles. The number of oxazole rings is 1. The van der Waals surface area contributed by atoms with Crippen molar-refractivity contribution in [3.8, 4) is 11.4 Å². The number of benzene rings is 3. The van der Waals surface area contributed by atoms with Crippen LogP contribution in [0.2, 0.25) is 0 Å². The molecule has 0 spiro atoms. The average molecular weight is 396 g/mol. The number of nitrogens with zero attached hydrogens (tertiary/aromatic N) is 2. The number of aromatic nitrogens is 2. The highest BCUT2D eigenvalue weighted by atomic mass is 16.5. The first-order valence-electron chi connectivity index (χ1n) is 9.80. The van der Waals surface area contributed by atoms with Gasteiger partial charge in [0, 0.05) is 22.3 Å². The Bertz CT molecular complexity index is 1350. The topological polar surface area (TPSA) is 57.3 Å². The molecule has 30 heavy (non-hydrogen) atoms. The van der Waals surface area contributed by atoms with E-state index in [2.05, 4.69) is 9.55 Å². The zero-order valence-corrected chi connectivity index (χ0v) is 16.8. The van der Waals surface area contributed by atoms with Crippen LogP contribution in [0.3, 0.4) is 0 Å². The smallest absolute Gasteiger partial charge is 0.233 e. The number of hydrogen-bond acceptors (Lipinski definition) is 4. The normalized spacial score (nSPS) is 11.3. The molecule has 2 heterocycles. The van der Waals surface area contributed by atoms with E-state index in [4.69, 9.17) is 9.15 Å². The molecule has 148 valence electrons. The third-order valence-corrected chi connectivity index (χ3v) is 5.24. The summed E-state index contributed by atoms with van der Waals surface area (Å²) in [5, 5.41) is 0.874. The zero-order chi connectivity index (χ0) is 20.7. The molecule has 0 fully saturated rings. The van der Waals surface area contributed by atoms with Crippen molar-refractivity contribution in [1.29, 1.82) is 0 Å². The third-order valence-electron chi connectivity index (χ3n) is 5.24. The van der Waals surface area contributed by atoms with Crippen molar-refractivity contribution >= 4 is 27.8 Å². The van der Waals surface area contributed by atoms with Crippen molar-refractivity contribution in [3.05, 3.63) is 89.9 Å². The maximum atomic E-state index is 12.4. The molecule has 0 N–H and O–H groups in total. The maximum absolute atomic E-state index is 12.4. The van der Waals surface area contributed by atoms with E-state index < -0.39 is 0 Å². The number of carbonyl (C=O) groups is 1. The Hall–Kier alpha value is -3.86. The molecular formula is C25H20N2O3. The summed E-state index contributed by atoms with van der Waals surface area (Å²) in [5.41, 5.74) is 5.16. The first kappa shape index (κ1) is 18.2. The lowest BCUT2D eigenvalue weighted by Gasteiger charge is -2.09. The monoisotopic (exact) mass is 396 g/mol. The van der Waals surface area contributed by atoms with Crippen LogP contribution in [0, 0.1) is 6.92 Å². The molecule has 0 aliphatic heterocycles. The minimum atomic E-state index is 0.0308. The van der Waals surface area contributed by atoms with Crippen LogP contribution in [0.4, 0.5) is 0 Å². The summed E-state index contributed by atoms with van der Waals surface area (Å²) in [6.45, 7) is 3.79. The van der Waals surface area contributed by atoms with Gasteiger partial charge in [-0.3, -0.25) is 4.79 Å². The van der Waals surface area contributed by atoms with Gasteiger partial charge in [0.25, 0.3) is 0 Å². The summed E-state index contributed by atoms with van der Waals surface area (Å²) in [4.78, 5) is 16.9. The molecule has 0 radical (unpaired) electrons. The van der Waals surface area contributed by atoms with Crippen LogP contribution in [0.5, 0.6) is 5.75 Å². The van der Waals surface area contributed by atoms with E-state index in [1.807, 2.05) is 79.7 Å². The zero-order valence-electron chi connectivity index (χ0n) is 16.8. The minimum Gasteiger partial charge on any atom is -0.484 e. The Morgan fingerprint density at radius 1 is 1.03 bits per heavy atom. The van der Waals surface area contributed by atoms with Gasteiger partial charge < -0.3 is 13.7 Å². The van der Waals surface area contributed by atoms with Crippen LogP contribution >= 0.6 is 0 Å². The summed E-state index contributed by atoms with van der Waals surface area (Å²) in [6.07, 6.45) is 0. The van der Waals surface area contributed by atoms with Crippen LogP contribution in [-0.4, -0.2) is 15.3 Å².